The van der Waals surface area contributed by atoms with Gasteiger partial charge in [0, 0.05) is 12.8 Å². The molecule has 2 N–H and O–H groups in total. The van der Waals surface area contributed by atoms with Crippen LogP contribution in [-0.2, 0) is 19.9 Å². The first-order valence-electron chi connectivity index (χ1n) is 7.40. The Morgan fingerprint density at radius 3 is 2.65 bits per heavy atom. The van der Waals surface area contributed by atoms with Crippen molar-refractivity contribution in [3.8, 4) is 0 Å². The van der Waals surface area contributed by atoms with Crippen molar-refractivity contribution in [2.75, 3.05) is 25.9 Å². The zero-order valence-electron chi connectivity index (χ0n) is 12.9. The van der Waals surface area contributed by atoms with Crippen LogP contribution in [0.3, 0.4) is 0 Å². The van der Waals surface area contributed by atoms with Crippen LogP contribution in [0.4, 0.5) is 0 Å². The Balaban J connectivity index is 2.09. The van der Waals surface area contributed by atoms with Gasteiger partial charge in [0.15, 0.2) is 9.84 Å². The van der Waals surface area contributed by atoms with Gasteiger partial charge in [0.1, 0.15) is 4.90 Å². The first-order chi connectivity index (χ1) is 10.7. The van der Waals surface area contributed by atoms with Crippen molar-refractivity contribution in [3.63, 3.8) is 0 Å². The summed E-state index contributed by atoms with van der Waals surface area (Å²) < 4.78 is 50.4. The molecule has 1 heterocycles. The first kappa shape index (κ1) is 18.7. The summed E-state index contributed by atoms with van der Waals surface area (Å²) in [6.45, 7) is 2.20. The average molecular weight is 381 g/mol. The maximum absolute atomic E-state index is 12.4. The van der Waals surface area contributed by atoms with Crippen LogP contribution in [0.25, 0.3) is 0 Å². The van der Waals surface area contributed by atoms with Crippen LogP contribution < -0.4 is 10.0 Å². The molecule has 1 atom stereocenters. The molecule has 0 aliphatic carbocycles. The summed E-state index contributed by atoms with van der Waals surface area (Å²) in [7, 11) is -7.34. The van der Waals surface area contributed by atoms with Gasteiger partial charge in [0.25, 0.3) is 0 Å². The van der Waals surface area contributed by atoms with E-state index in [-0.39, 0.29) is 14.8 Å². The molecule has 1 aliphatic heterocycles. The Bertz CT molecular complexity index is 757. The number of sulfone groups is 1. The fourth-order valence-corrected chi connectivity index (χ4v) is 4.86. The Morgan fingerprint density at radius 2 is 2.04 bits per heavy atom. The number of hydrogen-bond acceptors (Lipinski definition) is 5. The van der Waals surface area contributed by atoms with Crippen molar-refractivity contribution in [3.05, 3.63) is 23.2 Å². The predicted molar refractivity (Wildman–Crippen MR) is 90.0 cm³/mol. The topological polar surface area (TPSA) is 92.3 Å². The second-order valence-electron chi connectivity index (χ2n) is 5.76. The monoisotopic (exact) mass is 380 g/mol. The lowest BCUT2D eigenvalue weighted by atomic mass is 9.96. The molecule has 1 fully saturated rings. The molecule has 1 aliphatic rings. The summed E-state index contributed by atoms with van der Waals surface area (Å²) in [4.78, 5) is -0.275. The Morgan fingerprint density at radius 1 is 1.30 bits per heavy atom. The standard InChI is InChI=1S/C14H21ClN2O4S2/c1-22(18,19)12-4-5-13(15)14(9-12)23(20,21)17-8-6-11-3-2-7-16-10-11/h4-5,9,11,16-17H,2-3,6-8,10H2,1H3. The lowest BCUT2D eigenvalue weighted by molar-refractivity contribution is 0.358. The number of hydrogen-bond donors (Lipinski definition) is 2. The van der Waals surface area contributed by atoms with Crippen molar-refractivity contribution < 1.29 is 16.8 Å². The number of halogens is 1. The minimum atomic E-state index is -3.84. The summed E-state index contributed by atoms with van der Waals surface area (Å²) >= 11 is 5.93. The van der Waals surface area contributed by atoms with Crippen LogP contribution in [0.2, 0.25) is 5.02 Å². The Hall–Kier alpha value is -0.670. The van der Waals surface area contributed by atoms with Gasteiger partial charge in [-0.05, 0) is 56.5 Å². The van der Waals surface area contributed by atoms with Gasteiger partial charge in [-0.15, -0.1) is 0 Å². The molecule has 6 nitrogen and oxygen atoms in total. The van der Waals surface area contributed by atoms with Crippen LogP contribution in [-0.4, -0.2) is 42.7 Å². The van der Waals surface area contributed by atoms with E-state index < -0.39 is 19.9 Å². The normalized spacial score (nSPS) is 19.7. The van der Waals surface area contributed by atoms with Crippen molar-refractivity contribution in [2.45, 2.75) is 29.1 Å². The highest BCUT2D eigenvalue weighted by atomic mass is 35.5. The van der Waals surface area contributed by atoms with Gasteiger partial charge < -0.3 is 5.32 Å². The molecule has 1 saturated heterocycles. The van der Waals surface area contributed by atoms with Crippen molar-refractivity contribution in [2.24, 2.45) is 5.92 Å². The van der Waals surface area contributed by atoms with E-state index in [1.165, 1.54) is 12.1 Å². The van der Waals surface area contributed by atoms with Crippen molar-refractivity contribution in [1.29, 1.82) is 0 Å². The molecule has 0 amide bonds. The molecule has 0 saturated carbocycles. The number of benzene rings is 1. The molecule has 130 valence electrons. The quantitative estimate of drug-likeness (QED) is 0.778. The van der Waals surface area contributed by atoms with Crippen molar-refractivity contribution >= 4 is 31.5 Å². The highest BCUT2D eigenvalue weighted by molar-refractivity contribution is 7.91. The SMILES string of the molecule is CS(=O)(=O)c1ccc(Cl)c(S(=O)(=O)NCCC2CCCNC2)c1. The second kappa shape index (κ2) is 7.48. The van der Waals surface area contributed by atoms with E-state index in [1.807, 2.05) is 0 Å². The van der Waals surface area contributed by atoms with Gasteiger partial charge in [-0.1, -0.05) is 11.6 Å². The summed E-state index contributed by atoms with van der Waals surface area (Å²) in [5, 5.41) is 3.29. The van der Waals surface area contributed by atoms with Crippen LogP contribution >= 0.6 is 11.6 Å². The van der Waals surface area contributed by atoms with Crippen LogP contribution in [0.1, 0.15) is 19.3 Å². The van der Waals surface area contributed by atoms with E-state index >= 15 is 0 Å². The molecule has 0 bridgehead atoms. The van der Waals surface area contributed by atoms with Crippen LogP contribution in [0, 0.1) is 5.92 Å². The molecule has 1 aromatic rings. The molecular weight excluding hydrogens is 360 g/mol. The molecule has 0 aromatic heterocycles. The fourth-order valence-electron chi connectivity index (χ4n) is 2.57. The van der Waals surface area contributed by atoms with Gasteiger partial charge in [-0.3, -0.25) is 0 Å². The predicted octanol–water partition coefficient (Wildman–Crippen LogP) is 1.41. The van der Waals surface area contributed by atoms with Gasteiger partial charge in [-0.2, -0.15) is 0 Å². The number of rotatable bonds is 6. The third-order valence-electron chi connectivity index (χ3n) is 3.86. The second-order valence-corrected chi connectivity index (χ2v) is 9.92. The maximum atomic E-state index is 12.4. The highest BCUT2D eigenvalue weighted by Gasteiger charge is 2.21. The molecule has 1 aromatic carbocycles. The van der Waals surface area contributed by atoms with Crippen molar-refractivity contribution in [1.82, 2.24) is 10.0 Å². The largest absolute Gasteiger partial charge is 0.316 e. The fraction of sp³-hybridized carbons (Fsp3) is 0.571. The first-order valence-corrected chi connectivity index (χ1v) is 11.2. The molecule has 9 heteroatoms. The molecule has 0 spiro atoms. The number of nitrogens with one attached hydrogen (secondary N) is 2. The van der Waals surface area contributed by atoms with E-state index in [4.69, 9.17) is 11.6 Å². The van der Waals surface area contributed by atoms with Gasteiger partial charge in [0.05, 0.1) is 9.92 Å². The Labute approximate surface area is 142 Å². The van der Waals surface area contributed by atoms with Gasteiger partial charge >= 0.3 is 0 Å². The molecule has 1 unspecified atom stereocenters. The Kier molecular flexibility index (Phi) is 6.07. The van der Waals surface area contributed by atoms with E-state index in [2.05, 4.69) is 10.0 Å². The van der Waals surface area contributed by atoms with E-state index in [0.717, 1.165) is 44.7 Å². The van der Waals surface area contributed by atoms with Gasteiger partial charge in [-0.25, -0.2) is 21.6 Å². The lowest BCUT2D eigenvalue weighted by Crippen LogP contribution is -2.33. The van der Waals surface area contributed by atoms with E-state index in [9.17, 15) is 16.8 Å². The summed E-state index contributed by atoms with van der Waals surface area (Å²) in [5.74, 6) is 0.448. The smallest absolute Gasteiger partial charge is 0.242 e. The zero-order chi connectivity index (χ0) is 17.1. The minimum Gasteiger partial charge on any atom is -0.316 e. The molecule has 2 rings (SSSR count). The van der Waals surface area contributed by atoms with E-state index in [0.29, 0.717) is 12.5 Å². The average Bonchev–Trinajstić information content (AvgIpc) is 2.47. The maximum Gasteiger partial charge on any atom is 0.242 e. The van der Waals surface area contributed by atoms with Gasteiger partial charge in [0.2, 0.25) is 10.0 Å². The summed E-state index contributed by atoms with van der Waals surface area (Å²) in [6.07, 6.45) is 3.93. The minimum absolute atomic E-state index is 0.00392. The third kappa shape index (κ3) is 5.15. The highest BCUT2D eigenvalue weighted by Crippen LogP contribution is 2.25. The lowest BCUT2D eigenvalue weighted by Gasteiger charge is -2.22. The summed E-state index contributed by atoms with van der Waals surface area (Å²) in [6, 6.07) is 3.68. The molecule has 0 radical (unpaired) electrons. The number of sulfonamides is 1. The van der Waals surface area contributed by atoms with Crippen LogP contribution in [0.5, 0.6) is 0 Å². The van der Waals surface area contributed by atoms with Crippen LogP contribution in [0.15, 0.2) is 28.0 Å². The van der Waals surface area contributed by atoms with E-state index in [1.54, 1.807) is 0 Å². The number of piperidine rings is 1. The molecule has 23 heavy (non-hydrogen) atoms. The third-order valence-corrected chi connectivity index (χ3v) is 6.92. The summed E-state index contributed by atoms with van der Waals surface area (Å²) in [5.41, 5.74) is 0. The zero-order valence-corrected chi connectivity index (χ0v) is 15.3. The molecular formula is C14H21ClN2O4S2.